The van der Waals surface area contributed by atoms with Gasteiger partial charge in [-0.15, -0.1) is 0 Å². The molecule has 0 bridgehead atoms. The van der Waals surface area contributed by atoms with Crippen LogP contribution in [0.3, 0.4) is 0 Å². The Morgan fingerprint density at radius 1 is 0.964 bits per heavy atom. The molecule has 1 saturated heterocycles. The van der Waals surface area contributed by atoms with E-state index in [1.165, 1.54) is 16.5 Å². The standard InChI is InChI=1S/C23H27N5/c1-24-23(26-17-21-10-5-9-20-11-6-12-25-22(20)21)28-15-13-27(14-16-28)18-19-7-3-2-4-8-19/h2-12H,13-18H2,1H3,(H,24,26). The van der Waals surface area contributed by atoms with Crippen molar-refractivity contribution in [3.63, 3.8) is 0 Å². The van der Waals surface area contributed by atoms with Crippen molar-refractivity contribution >= 4 is 16.9 Å². The van der Waals surface area contributed by atoms with Gasteiger partial charge in [0.1, 0.15) is 0 Å². The maximum absolute atomic E-state index is 4.55. The molecule has 5 heteroatoms. The molecule has 28 heavy (non-hydrogen) atoms. The van der Waals surface area contributed by atoms with Crippen molar-refractivity contribution in [3.8, 4) is 0 Å². The molecule has 0 radical (unpaired) electrons. The maximum atomic E-state index is 4.55. The van der Waals surface area contributed by atoms with Gasteiger partial charge in [0.25, 0.3) is 0 Å². The zero-order chi connectivity index (χ0) is 19.2. The van der Waals surface area contributed by atoms with Crippen LogP contribution in [0, 0.1) is 0 Å². The van der Waals surface area contributed by atoms with E-state index in [0.717, 1.165) is 50.7 Å². The van der Waals surface area contributed by atoms with E-state index >= 15 is 0 Å². The summed E-state index contributed by atoms with van der Waals surface area (Å²) < 4.78 is 0. The fraction of sp³-hybridized carbons (Fsp3) is 0.304. The van der Waals surface area contributed by atoms with Crippen molar-refractivity contribution in [2.45, 2.75) is 13.1 Å². The van der Waals surface area contributed by atoms with Crippen LogP contribution in [0.25, 0.3) is 10.9 Å². The van der Waals surface area contributed by atoms with Gasteiger partial charge < -0.3 is 10.2 Å². The first-order valence-corrected chi connectivity index (χ1v) is 9.88. The monoisotopic (exact) mass is 373 g/mol. The molecule has 5 nitrogen and oxygen atoms in total. The number of benzene rings is 2. The molecule has 0 amide bonds. The quantitative estimate of drug-likeness (QED) is 0.564. The Hall–Kier alpha value is -2.92. The van der Waals surface area contributed by atoms with Gasteiger partial charge in [0.2, 0.25) is 0 Å². The van der Waals surface area contributed by atoms with Crippen molar-refractivity contribution in [2.24, 2.45) is 4.99 Å². The van der Waals surface area contributed by atoms with E-state index in [2.05, 4.69) is 79.7 Å². The lowest BCUT2D eigenvalue weighted by atomic mass is 10.1. The summed E-state index contributed by atoms with van der Waals surface area (Å²) in [5.41, 5.74) is 3.63. The highest BCUT2D eigenvalue weighted by Gasteiger charge is 2.19. The highest BCUT2D eigenvalue weighted by atomic mass is 15.3. The van der Waals surface area contributed by atoms with E-state index in [4.69, 9.17) is 0 Å². The van der Waals surface area contributed by atoms with E-state index < -0.39 is 0 Å². The maximum Gasteiger partial charge on any atom is 0.194 e. The van der Waals surface area contributed by atoms with Crippen LogP contribution in [0.4, 0.5) is 0 Å². The summed E-state index contributed by atoms with van der Waals surface area (Å²) in [5, 5.41) is 4.70. The van der Waals surface area contributed by atoms with Crippen LogP contribution in [-0.4, -0.2) is 54.0 Å². The molecule has 1 N–H and O–H groups in total. The molecule has 1 fully saturated rings. The van der Waals surface area contributed by atoms with Crippen molar-refractivity contribution in [2.75, 3.05) is 33.2 Å². The minimum absolute atomic E-state index is 0.727. The molecule has 0 spiro atoms. The molecule has 1 aliphatic heterocycles. The fourth-order valence-electron chi connectivity index (χ4n) is 3.78. The summed E-state index contributed by atoms with van der Waals surface area (Å²) in [6, 6.07) is 21.1. The number of nitrogens with one attached hydrogen (secondary N) is 1. The van der Waals surface area contributed by atoms with Crippen molar-refractivity contribution < 1.29 is 0 Å². The van der Waals surface area contributed by atoms with Crippen LogP contribution in [0.1, 0.15) is 11.1 Å². The first-order chi connectivity index (χ1) is 13.8. The Kier molecular flexibility index (Phi) is 5.83. The number of fused-ring (bicyclic) bond motifs is 1. The molecule has 0 aliphatic carbocycles. The zero-order valence-electron chi connectivity index (χ0n) is 16.4. The molecule has 4 rings (SSSR count). The third-order valence-electron chi connectivity index (χ3n) is 5.29. The highest BCUT2D eigenvalue weighted by molar-refractivity contribution is 5.83. The number of para-hydroxylation sites is 1. The highest BCUT2D eigenvalue weighted by Crippen LogP contribution is 2.16. The van der Waals surface area contributed by atoms with Crippen molar-refractivity contribution in [1.29, 1.82) is 0 Å². The molecule has 0 atom stereocenters. The normalized spacial score (nSPS) is 15.8. The Labute approximate surface area is 166 Å². The predicted molar refractivity (Wildman–Crippen MR) is 115 cm³/mol. The zero-order valence-corrected chi connectivity index (χ0v) is 16.4. The van der Waals surface area contributed by atoms with Gasteiger partial charge >= 0.3 is 0 Å². The predicted octanol–water partition coefficient (Wildman–Crippen LogP) is 3.13. The number of nitrogens with zero attached hydrogens (tertiary/aromatic N) is 4. The molecular weight excluding hydrogens is 346 g/mol. The molecule has 0 saturated carbocycles. The second-order valence-corrected chi connectivity index (χ2v) is 7.14. The Balaban J connectivity index is 1.34. The topological polar surface area (TPSA) is 43.8 Å². The minimum atomic E-state index is 0.727. The molecule has 1 aromatic heterocycles. The molecule has 1 aliphatic rings. The second kappa shape index (κ2) is 8.85. The summed E-state index contributed by atoms with van der Waals surface area (Å²) >= 11 is 0. The Morgan fingerprint density at radius 2 is 1.75 bits per heavy atom. The molecule has 144 valence electrons. The summed E-state index contributed by atoms with van der Waals surface area (Å²) in [7, 11) is 1.86. The lowest BCUT2D eigenvalue weighted by Gasteiger charge is -2.36. The fourth-order valence-corrected chi connectivity index (χ4v) is 3.78. The van der Waals surface area contributed by atoms with Crippen LogP contribution in [-0.2, 0) is 13.1 Å². The van der Waals surface area contributed by atoms with Gasteiger partial charge in [0.15, 0.2) is 5.96 Å². The Morgan fingerprint density at radius 3 is 2.54 bits per heavy atom. The third-order valence-corrected chi connectivity index (χ3v) is 5.29. The average molecular weight is 374 g/mol. The molecule has 2 heterocycles. The van der Waals surface area contributed by atoms with Gasteiger partial charge in [-0.3, -0.25) is 14.9 Å². The first-order valence-electron chi connectivity index (χ1n) is 9.88. The van der Waals surface area contributed by atoms with Gasteiger partial charge in [-0.05, 0) is 17.2 Å². The Bertz CT molecular complexity index is 925. The van der Waals surface area contributed by atoms with Crippen LogP contribution in [0.5, 0.6) is 0 Å². The number of hydrogen-bond donors (Lipinski definition) is 1. The number of aromatic nitrogens is 1. The number of piperazine rings is 1. The van der Waals surface area contributed by atoms with Gasteiger partial charge in [-0.25, -0.2) is 0 Å². The van der Waals surface area contributed by atoms with Crippen LogP contribution >= 0.6 is 0 Å². The largest absolute Gasteiger partial charge is 0.352 e. The summed E-state index contributed by atoms with van der Waals surface area (Å²) in [4.78, 5) is 13.9. The van der Waals surface area contributed by atoms with E-state index in [1.54, 1.807) is 0 Å². The van der Waals surface area contributed by atoms with Gasteiger partial charge in [0, 0.05) is 57.9 Å². The first kappa shape index (κ1) is 18.4. The minimum Gasteiger partial charge on any atom is -0.352 e. The lowest BCUT2D eigenvalue weighted by Crippen LogP contribution is -2.52. The number of pyridine rings is 1. The summed E-state index contributed by atoms with van der Waals surface area (Å²) in [6.45, 7) is 5.81. The number of aliphatic imine (C=N–C) groups is 1. The van der Waals surface area contributed by atoms with Gasteiger partial charge in [-0.2, -0.15) is 0 Å². The number of hydrogen-bond acceptors (Lipinski definition) is 3. The SMILES string of the molecule is CN=C(NCc1cccc2cccnc12)N1CCN(Cc2ccccc2)CC1. The van der Waals surface area contributed by atoms with Crippen molar-refractivity contribution in [3.05, 3.63) is 78.0 Å². The van der Waals surface area contributed by atoms with Gasteiger partial charge in [0.05, 0.1) is 5.52 Å². The summed E-state index contributed by atoms with van der Waals surface area (Å²) in [6.07, 6.45) is 1.85. The number of rotatable bonds is 4. The third kappa shape index (κ3) is 4.31. The van der Waals surface area contributed by atoms with Gasteiger partial charge in [-0.1, -0.05) is 54.6 Å². The number of guanidine groups is 1. The van der Waals surface area contributed by atoms with Crippen molar-refractivity contribution in [1.82, 2.24) is 20.1 Å². The summed E-state index contributed by atoms with van der Waals surface area (Å²) in [5.74, 6) is 0.965. The van der Waals surface area contributed by atoms with Crippen LogP contribution in [0.15, 0.2) is 71.9 Å². The van der Waals surface area contributed by atoms with E-state index in [1.807, 2.05) is 19.3 Å². The molecule has 0 unspecified atom stereocenters. The smallest absolute Gasteiger partial charge is 0.194 e. The molecule has 3 aromatic rings. The van der Waals surface area contributed by atoms with Crippen LogP contribution < -0.4 is 5.32 Å². The van der Waals surface area contributed by atoms with E-state index in [9.17, 15) is 0 Å². The molecule has 2 aromatic carbocycles. The molecular formula is C23H27N5. The second-order valence-electron chi connectivity index (χ2n) is 7.14. The van der Waals surface area contributed by atoms with E-state index in [-0.39, 0.29) is 0 Å². The van der Waals surface area contributed by atoms with E-state index in [0.29, 0.717) is 0 Å². The van der Waals surface area contributed by atoms with Crippen LogP contribution in [0.2, 0.25) is 0 Å². The lowest BCUT2D eigenvalue weighted by molar-refractivity contribution is 0.172. The average Bonchev–Trinajstić information content (AvgIpc) is 2.76.